The molecule has 0 radical (unpaired) electrons. The Morgan fingerprint density at radius 3 is 2.53 bits per heavy atom. The number of hydrogen-bond acceptors (Lipinski definition) is 4. The van der Waals surface area contributed by atoms with Crippen molar-refractivity contribution >= 4 is 16.0 Å². The van der Waals surface area contributed by atoms with Gasteiger partial charge in [0.1, 0.15) is 6.61 Å². The van der Waals surface area contributed by atoms with Gasteiger partial charge in [0.05, 0.1) is 4.90 Å². The van der Waals surface area contributed by atoms with E-state index in [2.05, 4.69) is 4.72 Å². The number of ether oxygens (including phenoxy) is 1. The maximum Gasteiger partial charge on any atom is 0.305 e. The molecule has 0 heterocycles. The van der Waals surface area contributed by atoms with Crippen LogP contribution in [0.4, 0.5) is 0 Å². The summed E-state index contributed by atoms with van der Waals surface area (Å²) < 4.78 is 30.5. The predicted octanol–water partition coefficient (Wildman–Crippen LogP) is 0.918. The summed E-state index contributed by atoms with van der Waals surface area (Å²) in [4.78, 5) is 11.0. The van der Waals surface area contributed by atoms with E-state index in [0.29, 0.717) is 0 Å². The Bertz CT molecular complexity index is 456. The van der Waals surface area contributed by atoms with Crippen LogP contribution in [0.5, 0.6) is 0 Å². The lowest BCUT2D eigenvalue weighted by Crippen LogP contribution is -2.28. The largest absolute Gasteiger partial charge is 0.464 e. The first-order valence-electron chi connectivity index (χ1n) is 5.26. The molecule has 0 amide bonds. The Hall–Kier alpha value is -1.40. The first-order valence-corrected chi connectivity index (χ1v) is 6.75. The molecule has 5 nitrogen and oxygen atoms in total. The number of sulfonamides is 1. The molecule has 0 saturated heterocycles. The standard InChI is InChI=1S/C11H15NO4S/c1-2-11(13)16-9-8-12-17(14,15)10-6-4-3-5-7-10/h3-7,12H,2,8-9H2,1H3. The van der Waals surface area contributed by atoms with Crippen molar-refractivity contribution in [1.82, 2.24) is 4.72 Å². The summed E-state index contributed by atoms with van der Waals surface area (Å²) in [5, 5.41) is 0. The lowest BCUT2D eigenvalue weighted by molar-refractivity contribution is -0.142. The minimum Gasteiger partial charge on any atom is -0.464 e. The molecule has 0 aromatic heterocycles. The van der Waals surface area contributed by atoms with Crippen molar-refractivity contribution in [2.75, 3.05) is 13.2 Å². The topological polar surface area (TPSA) is 72.5 Å². The molecule has 0 aliphatic rings. The normalized spacial score (nSPS) is 11.1. The number of hydrogen-bond donors (Lipinski definition) is 1. The second kappa shape index (κ2) is 6.36. The lowest BCUT2D eigenvalue weighted by atomic mass is 10.4. The van der Waals surface area contributed by atoms with Crippen molar-refractivity contribution in [2.24, 2.45) is 0 Å². The van der Waals surface area contributed by atoms with Gasteiger partial charge in [0, 0.05) is 13.0 Å². The Balaban J connectivity index is 2.44. The third-order valence-corrected chi connectivity index (χ3v) is 3.48. The van der Waals surface area contributed by atoms with E-state index in [4.69, 9.17) is 4.74 Å². The van der Waals surface area contributed by atoms with Gasteiger partial charge in [-0.3, -0.25) is 4.79 Å². The number of benzene rings is 1. The summed E-state index contributed by atoms with van der Waals surface area (Å²) in [5.41, 5.74) is 0. The zero-order valence-electron chi connectivity index (χ0n) is 9.55. The Morgan fingerprint density at radius 1 is 1.29 bits per heavy atom. The van der Waals surface area contributed by atoms with Crippen molar-refractivity contribution in [3.63, 3.8) is 0 Å². The molecule has 0 fully saturated rings. The van der Waals surface area contributed by atoms with Gasteiger partial charge in [-0.25, -0.2) is 13.1 Å². The summed E-state index contributed by atoms with van der Waals surface area (Å²) in [7, 11) is -3.51. The number of carbonyl (C=O) groups excluding carboxylic acids is 1. The molecule has 94 valence electrons. The van der Waals surface area contributed by atoms with Crippen LogP contribution in [0.25, 0.3) is 0 Å². The number of nitrogens with one attached hydrogen (secondary N) is 1. The molecule has 17 heavy (non-hydrogen) atoms. The molecule has 6 heteroatoms. The summed E-state index contributed by atoms with van der Waals surface area (Å²) in [6, 6.07) is 8.03. The number of carbonyl (C=O) groups is 1. The minimum atomic E-state index is -3.51. The highest BCUT2D eigenvalue weighted by atomic mass is 32.2. The van der Waals surface area contributed by atoms with Crippen molar-refractivity contribution in [3.8, 4) is 0 Å². The van der Waals surface area contributed by atoms with Gasteiger partial charge in [-0.1, -0.05) is 25.1 Å². The fourth-order valence-corrected chi connectivity index (χ4v) is 2.16. The van der Waals surface area contributed by atoms with Crippen LogP contribution in [-0.4, -0.2) is 27.5 Å². The average molecular weight is 257 g/mol. The number of rotatable bonds is 6. The highest BCUT2D eigenvalue weighted by molar-refractivity contribution is 7.89. The van der Waals surface area contributed by atoms with E-state index in [1.807, 2.05) is 0 Å². The highest BCUT2D eigenvalue weighted by Crippen LogP contribution is 2.06. The summed E-state index contributed by atoms with van der Waals surface area (Å²) in [6.45, 7) is 1.79. The quantitative estimate of drug-likeness (QED) is 0.607. The van der Waals surface area contributed by atoms with E-state index in [1.54, 1.807) is 25.1 Å². The Labute approximate surface area is 101 Å². The molecule has 1 rings (SSSR count). The van der Waals surface area contributed by atoms with Gasteiger partial charge in [0.2, 0.25) is 10.0 Å². The van der Waals surface area contributed by atoms with Gasteiger partial charge >= 0.3 is 5.97 Å². The molecule has 0 bridgehead atoms. The van der Waals surface area contributed by atoms with Crippen molar-refractivity contribution < 1.29 is 17.9 Å². The van der Waals surface area contributed by atoms with Crippen molar-refractivity contribution in [3.05, 3.63) is 30.3 Å². The van der Waals surface area contributed by atoms with E-state index >= 15 is 0 Å². The molecule has 1 N–H and O–H groups in total. The summed E-state index contributed by atoms with van der Waals surface area (Å²) in [6.07, 6.45) is 0.283. The van der Waals surface area contributed by atoms with Crippen LogP contribution >= 0.6 is 0 Å². The van der Waals surface area contributed by atoms with Crippen LogP contribution in [0.15, 0.2) is 35.2 Å². The van der Waals surface area contributed by atoms with Crippen LogP contribution in [0.3, 0.4) is 0 Å². The maximum atomic E-state index is 11.7. The SMILES string of the molecule is CCC(=O)OCCNS(=O)(=O)c1ccccc1. The molecule has 0 saturated carbocycles. The Morgan fingerprint density at radius 2 is 1.94 bits per heavy atom. The van der Waals surface area contributed by atoms with Gasteiger partial charge in [-0.05, 0) is 12.1 Å². The third kappa shape index (κ3) is 4.54. The molecule has 0 aliphatic heterocycles. The van der Waals surface area contributed by atoms with Crippen LogP contribution in [0, 0.1) is 0 Å². The second-order valence-electron chi connectivity index (χ2n) is 3.28. The van der Waals surface area contributed by atoms with Gasteiger partial charge in [0.15, 0.2) is 0 Å². The summed E-state index contributed by atoms with van der Waals surface area (Å²) >= 11 is 0. The third-order valence-electron chi connectivity index (χ3n) is 2.00. The van der Waals surface area contributed by atoms with Crippen LogP contribution in [0.1, 0.15) is 13.3 Å². The van der Waals surface area contributed by atoms with Crippen LogP contribution in [0.2, 0.25) is 0 Å². The molecule has 0 aliphatic carbocycles. The first-order chi connectivity index (χ1) is 8.06. The van der Waals surface area contributed by atoms with Crippen LogP contribution < -0.4 is 4.72 Å². The molecular weight excluding hydrogens is 242 g/mol. The van der Waals surface area contributed by atoms with Crippen LogP contribution in [-0.2, 0) is 19.6 Å². The zero-order valence-corrected chi connectivity index (χ0v) is 10.4. The van der Waals surface area contributed by atoms with E-state index in [9.17, 15) is 13.2 Å². The Kier molecular flexibility index (Phi) is 5.11. The van der Waals surface area contributed by atoms with Crippen molar-refractivity contribution in [2.45, 2.75) is 18.2 Å². The highest BCUT2D eigenvalue weighted by Gasteiger charge is 2.12. The van der Waals surface area contributed by atoms with E-state index in [1.165, 1.54) is 12.1 Å². The van der Waals surface area contributed by atoms with E-state index in [0.717, 1.165) is 0 Å². The summed E-state index contributed by atoms with van der Waals surface area (Å²) in [5.74, 6) is -0.344. The van der Waals surface area contributed by atoms with Gasteiger partial charge < -0.3 is 4.74 Å². The molecule has 0 unspecified atom stereocenters. The van der Waals surface area contributed by atoms with Crippen molar-refractivity contribution in [1.29, 1.82) is 0 Å². The second-order valence-corrected chi connectivity index (χ2v) is 5.05. The first kappa shape index (κ1) is 13.7. The number of esters is 1. The molecular formula is C11H15NO4S. The predicted molar refractivity (Wildman–Crippen MR) is 62.9 cm³/mol. The van der Waals surface area contributed by atoms with E-state index < -0.39 is 10.0 Å². The zero-order chi connectivity index (χ0) is 12.7. The molecule has 0 atom stereocenters. The molecule has 1 aromatic rings. The fraction of sp³-hybridized carbons (Fsp3) is 0.364. The maximum absolute atomic E-state index is 11.7. The van der Waals surface area contributed by atoms with E-state index in [-0.39, 0.29) is 30.4 Å². The molecule has 0 spiro atoms. The fourth-order valence-electron chi connectivity index (χ4n) is 1.13. The molecule has 1 aromatic carbocycles. The van der Waals surface area contributed by atoms with Gasteiger partial charge in [0.25, 0.3) is 0 Å². The van der Waals surface area contributed by atoms with Gasteiger partial charge in [-0.15, -0.1) is 0 Å². The lowest BCUT2D eigenvalue weighted by Gasteiger charge is -2.06. The monoisotopic (exact) mass is 257 g/mol. The minimum absolute atomic E-state index is 0.0404. The van der Waals surface area contributed by atoms with Gasteiger partial charge in [-0.2, -0.15) is 0 Å². The average Bonchev–Trinajstić information content (AvgIpc) is 2.35. The smallest absolute Gasteiger partial charge is 0.305 e.